The minimum Gasteiger partial charge on any atom is -0.481 e. The number of hydrogen-bond donors (Lipinski definition) is 3. The summed E-state index contributed by atoms with van der Waals surface area (Å²) in [5, 5.41) is 14.5. The largest absolute Gasteiger partial charge is 0.481 e. The number of anilines is 1. The van der Waals surface area contributed by atoms with Gasteiger partial charge in [0.25, 0.3) is 0 Å². The van der Waals surface area contributed by atoms with Crippen molar-refractivity contribution in [1.29, 1.82) is 0 Å². The molecule has 0 atom stereocenters. The van der Waals surface area contributed by atoms with Crippen LogP contribution in [-0.2, 0) is 11.2 Å². The molecule has 0 unspecified atom stereocenters. The molecule has 5 heteroatoms. The Labute approximate surface area is 118 Å². The molecule has 1 fully saturated rings. The highest BCUT2D eigenvalue weighted by Crippen LogP contribution is 2.28. The van der Waals surface area contributed by atoms with Crippen LogP contribution >= 0.6 is 0 Å². The van der Waals surface area contributed by atoms with Crippen LogP contribution in [0.1, 0.15) is 38.2 Å². The molecule has 1 aliphatic carbocycles. The lowest BCUT2D eigenvalue weighted by molar-refractivity contribution is -0.136. The van der Waals surface area contributed by atoms with Gasteiger partial charge in [0.05, 0.1) is 6.42 Å². The quantitative estimate of drug-likeness (QED) is 0.791. The van der Waals surface area contributed by atoms with E-state index in [1.54, 1.807) is 24.3 Å². The minimum absolute atomic E-state index is 0.0468. The molecule has 108 valence electrons. The van der Waals surface area contributed by atoms with E-state index in [-0.39, 0.29) is 18.0 Å². The van der Waals surface area contributed by atoms with Gasteiger partial charge in [0.1, 0.15) is 0 Å². The Morgan fingerprint density at radius 1 is 1.30 bits per heavy atom. The highest BCUT2D eigenvalue weighted by molar-refractivity contribution is 5.90. The molecule has 0 aliphatic heterocycles. The van der Waals surface area contributed by atoms with Crippen LogP contribution < -0.4 is 10.6 Å². The van der Waals surface area contributed by atoms with Gasteiger partial charge < -0.3 is 15.7 Å². The van der Waals surface area contributed by atoms with Gasteiger partial charge in [-0.25, -0.2) is 4.79 Å². The molecule has 3 N–H and O–H groups in total. The number of carboxylic acid groups (broad SMARTS) is 1. The summed E-state index contributed by atoms with van der Waals surface area (Å²) < 4.78 is 0. The minimum atomic E-state index is -0.884. The number of carbonyl (C=O) groups is 2. The maximum atomic E-state index is 12.0. The highest BCUT2D eigenvalue weighted by Gasteiger charge is 2.30. The van der Waals surface area contributed by atoms with E-state index in [1.165, 1.54) is 0 Å². The van der Waals surface area contributed by atoms with Crippen LogP contribution in [0.25, 0.3) is 0 Å². The van der Waals surface area contributed by atoms with Gasteiger partial charge in [-0.15, -0.1) is 0 Å². The third-order valence-electron chi connectivity index (χ3n) is 3.66. The Hall–Kier alpha value is -2.04. The third-order valence-corrected chi connectivity index (χ3v) is 3.66. The number of urea groups is 1. The first kappa shape index (κ1) is 14.4. The standard InChI is InChI=1S/C15H20N2O3/c1-15(7-2-3-8-15)17-14(20)16-12-6-4-5-11(9-12)10-13(18)19/h4-6,9H,2-3,7-8,10H2,1H3,(H,18,19)(H2,16,17,20). The van der Waals surface area contributed by atoms with Gasteiger partial charge in [-0.05, 0) is 37.5 Å². The van der Waals surface area contributed by atoms with Crippen LogP contribution in [0.2, 0.25) is 0 Å². The van der Waals surface area contributed by atoms with Gasteiger partial charge in [-0.3, -0.25) is 4.79 Å². The highest BCUT2D eigenvalue weighted by atomic mass is 16.4. The second-order valence-electron chi connectivity index (χ2n) is 5.62. The monoisotopic (exact) mass is 276 g/mol. The van der Waals surface area contributed by atoms with Crippen molar-refractivity contribution in [3.05, 3.63) is 29.8 Å². The number of nitrogens with one attached hydrogen (secondary N) is 2. The van der Waals surface area contributed by atoms with Crippen LogP contribution in [-0.4, -0.2) is 22.6 Å². The zero-order valence-corrected chi connectivity index (χ0v) is 11.6. The summed E-state index contributed by atoms with van der Waals surface area (Å²) in [4.78, 5) is 22.6. The van der Waals surface area contributed by atoms with Gasteiger partial charge in [0, 0.05) is 11.2 Å². The average molecular weight is 276 g/mol. The lowest BCUT2D eigenvalue weighted by Gasteiger charge is -2.25. The molecule has 1 aromatic rings. The van der Waals surface area contributed by atoms with E-state index in [2.05, 4.69) is 17.6 Å². The molecule has 0 radical (unpaired) electrons. The summed E-state index contributed by atoms with van der Waals surface area (Å²) in [6.07, 6.45) is 4.24. The lowest BCUT2D eigenvalue weighted by atomic mass is 10.0. The van der Waals surface area contributed by atoms with Crippen LogP contribution in [0.3, 0.4) is 0 Å². The van der Waals surface area contributed by atoms with E-state index >= 15 is 0 Å². The summed E-state index contributed by atoms with van der Waals surface area (Å²) in [5.74, 6) is -0.884. The predicted molar refractivity (Wildman–Crippen MR) is 76.8 cm³/mol. The topological polar surface area (TPSA) is 78.4 Å². The zero-order valence-electron chi connectivity index (χ0n) is 11.6. The van der Waals surface area contributed by atoms with E-state index in [1.807, 2.05) is 0 Å². The molecule has 1 saturated carbocycles. The van der Waals surface area contributed by atoms with Gasteiger partial charge in [-0.1, -0.05) is 25.0 Å². The molecule has 1 aliphatic rings. The van der Waals surface area contributed by atoms with E-state index in [4.69, 9.17) is 5.11 Å². The molecule has 0 spiro atoms. The molecule has 0 saturated heterocycles. The lowest BCUT2D eigenvalue weighted by Crippen LogP contribution is -2.45. The molecule has 2 amide bonds. The van der Waals surface area contributed by atoms with Crippen molar-refractivity contribution in [2.75, 3.05) is 5.32 Å². The number of rotatable bonds is 4. The van der Waals surface area contributed by atoms with Gasteiger partial charge in [0.2, 0.25) is 0 Å². The number of carboxylic acids is 1. The fourth-order valence-corrected chi connectivity index (χ4v) is 2.65. The van der Waals surface area contributed by atoms with Crippen LogP contribution in [0.5, 0.6) is 0 Å². The second-order valence-corrected chi connectivity index (χ2v) is 5.62. The van der Waals surface area contributed by atoms with Gasteiger partial charge in [-0.2, -0.15) is 0 Å². The molecule has 5 nitrogen and oxygen atoms in total. The molecule has 0 heterocycles. The Bertz CT molecular complexity index is 508. The first-order valence-electron chi connectivity index (χ1n) is 6.87. The number of carbonyl (C=O) groups excluding carboxylic acids is 1. The van der Waals surface area contributed by atoms with Crippen molar-refractivity contribution in [2.45, 2.75) is 44.6 Å². The molecule has 20 heavy (non-hydrogen) atoms. The average Bonchev–Trinajstić information content (AvgIpc) is 2.74. The summed E-state index contributed by atoms with van der Waals surface area (Å²) in [6, 6.07) is 6.68. The van der Waals surface area contributed by atoms with Crippen molar-refractivity contribution < 1.29 is 14.7 Å². The number of aliphatic carboxylic acids is 1. The van der Waals surface area contributed by atoms with Crippen molar-refractivity contribution in [3.63, 3.8) is 0 Å². The Morgan fingerprint density at radius 3 is 2.65 bits per heavy atom. The number of benzene rings is 1. The molecule has 1 aromatic carbocycles. The van der Waals surface area contributed by atoms with Crippen molar-refractivity contribution >= 4 is 17.7 Å². The second kappa shape index (κ2) is 5.94. The van der Waals surface area contributed by atoms with Crippen molar-refractivity contribution in [3.8, 4) is 0 Å². The number of amides is 2. The Morgan fingerprint density at radius 2 is 2.00 bits per heavy atom. The molecule has 2 rings (SSSR count). The number of hydrogen-bond acceptors (Lipinski definition) is 2. The first-order chi connectivity index (χ1) is 9.47. The van der Waals surface area contributed by atoms with Crippen LogP contribution in [0.15, 0.2) is 24.3 Å². The summed E-state index contributed by atoms with van der Waals surface area (Å²) in [7, 11) is 0. The fraction of sp³-hybridized carbons (Fsp3) is 0.467. The third kappa shape index (κ3) is 3.98. The first-order valence-corrected chi connectivity index (χ1v) is 6.87. The smallest absolute Gasteiger partial charge is 0.319 e. The van der Waals surface area contributed by atoms with Crippen LogP contribution in [0.4, 0.5) is 10.5 Å². The van der Waals surface area contributed by atoms with Gasteiger partial charge in [0.15, 0.2) is 0 Å². The van der Waals surface area contributed by atoms with E-state index in [0.29, 0.717) is 11.3 Å². The Balaban J connectivity index is 1.95. The van der Waals surface area contributed by atoms with E-state index in [0.717, 1.165) is 25.7 Å². The SMILES string of the molecule is CC1(NC(=O)Nc2cccc(CC(=O)O)c2)CCCC1. The maximum Gasteiger partial charge on any atom is 0.319 e. The maximum absolute atomic E-state index is 12.0. The van der Waals surface area contributed by atoms with E-state index in [9.17, 15) is 9.59 Å². The van der Waals surface area contributed by atoms with Crippen molar-refractivity contribution in [2.24, 2.45) is 0 Å². The molecular formula is C15H20N2O3. The Kier molecular flexibility index (Phi) is 4.27. The van der Waals surface area contributed by atoms with Crippen LogP contribution in [0, 0.1) is 0 Å². The summed E-state index contributed by atoms with van der Waals surface area (Å²) in [5.41, 5.74) is 1.16. The van der Waals surface area contributed by atoms with Crippen molar-refractivity contribution in [1.82, 2.24) is 5.32 Å². The zero-order chi connectivity index (χ0) is 14.6. The molecule has 0 aromatic heterocycles. The van der Waals surface area contributed by atoms with E-state index < -0.39 is 5.97 Å². The predicted octanol–water partition coefficient (Wildman–Crippen LogP) is 2.77. The normalized spacial score (nSPS) is 16.6. The molecule has 0 bridgehead atoms. The van der Waals surface area contributed by atoms with Gasteiger partial charge >= 0.3 is 12.0 Å². The molecular weight excluding hydrogens is 256 g/mol. The summed E-state index contributed by atoms with van der Waals surface area (Å²) in [6.45, 7) is 2.06. The fourth-order valence-electron chi connectivity index (χ4n) is 2.65. The summed E-state index contributed by atoms with van der Waals surface area (Å²) >= 11 is 0.